The number of hydrogen-bond acceptors (Lipinski definition) is 6. The van der Waals surface area contributed by atoms with Gasteiger partial charge in [-0.3, -0.25) is 4.34 Å². The van der Waals surface area contributed by atoms with Crippen molar-refractivity contribution in [2.75, 3.05) is 6.61 Å². The molecule has 0 radical (unpaired) electrons. The van der Waals surface area contributed by atoms with Crippen LogP contribution in [0.5, 0.6) is 0 Å². The highest BCUT2D eigenvalue weighted by Gasteiger charge is 2.33. The van der Waals surface area contributed by atoms with Gasteiger partial charge in [0.05, 0.1) is 28.1 Å². The molecule has 4 rings (SSSR count). The van der Waals surface area contributed by atoms with Crippen LogP contribution in [0.4, 0.5) is 0 Å². The van der Waals surface area contributed by atoms with E-state index in [4.69, 9.17) is 21.6 Å². The molecule has 0 bridgehead atoms. The normalized spacial score (nSPS) is 11.8. The van der Waals surface area contributed by atoms with Crippen molar-refractivity contribution in [1.29, 1.82) is 5.26 Å². The molecule has 192 valence electrons. The van der Waals surface area contributed by atoms with E-state index in [0.717, 1.165) is 5.56 Å². The average Bonchev–Trinajstić information content (AvgIpc) is 3.23. The Morgan fingerprint density at radius 3 is 2.50 bits per heavy atom. The third-order valence-corrected chi connectivity index (χ3v) is 8.95. The lowest BCUT2D eigenvalue weighted by atomic mass is 9.92. The summed E-state index contributed by atoms with van der Waals surface area (Å²) >= 11 is 6.58. The molecule has 10 heteroatoms. The van der Waals surface area contributed by atoms with Crippen LogP contribution in [0.1, 0.15) is 34.1 Å². The van der Waals surface area contributed by atoms with Gasteiger partial charge in [-0.15, -0.1) is 0 Å². The summed E-state index contributed by atoms with van der Waals surface area (Å²) in [6.45, 7) is 5.34. The molecule has 0 atom stereocenters. The Balaban J connectivity index is 2.28. The first-order valence-corrected chi connectivity index (χ1v) is 14.2. The largest absolute Gasteiger partial charge is 0.461 e. The fourth-order valence-electron chi connectivity index (χ4n) is 4.47. The molecule has 0 aliphatic heterocycles. The number of halogens is 1. The van der Waals surface area contributed by atoms with Gasteiger partial charge in [0.25, 0.3) is 8.61 Å². The molecule has 1 heterocycles. The quantitative estimate of drug-likeness (QED) is 0.134. The molecule has 3 aromatic carbocycles. The van der Waals surface area contributed by atoms with E-state index in [9.17, 15) is 17.8 Å². The van der Waals surface area contributed by atoms with Gasteiger partial charge in [-0.1, -0.05) is 41.9 Å². The minimum absolute atomic E-state index is 0.0177. The molecular formula is C28H22ClN2O5PS. The van der Waals surface area contributed by atoms with Crippen molar-refractivity contribution < 1.29 is 22.5 Å². The maximum Gasteiger partial charge on any atom is 0.356 e. The summed E-state index contributed by atoms with van der Waals surface area (Å²) in [5.74, 6) is -0.767. The van der Waals surface area contributed by atoms with Gasteiger partial charge < -0.3 is 4.74 Å². The number of aryl methyl sites for hydroxylation is 1. The van der Waals surface area contributed by atoms with Crippen LogP contribution in [0, 0.1) is 25.2 Å². The molecule has 38 heavy (non-hydrogen) atoms. The SMILES string of the molecule is CCOC(=O)c1c(-c2cc(C)cc(C=CC#N)c2C)c2c(S(=O)(=O)c3ccccc3)c(Cl)ccc2n1P=O. The standard InChI is InChI=1S/C28H22ClN2O5PS/c1-4-36-28(32)26-24(21-16-17(2)15-19(18(21)3)9-8-14-30)25-23(31(26)37-33)13-12-22(29)27(25)38(34,35)20-10-6-5-7-11-20/h5-13,15-16H,4H2,1-3H3. The number of benzene rings is 3. The highest BCUT2D eigenvalue weighted by molar-refractivity contribution is 7.91. The number of aromatic nitrogens is 1. The molecule has 0 unspecified atom stereocenters. The third kappa shape index (κ3) is 4.65. The highest BCUT2D eigenvalue weighted by atomic mass is 35.5. The summed E-state index contributed by atoms with van der Waals surface area (Å²) in [5, 5.41) is 9.17. The maximum absolute atomic E-state index is 14.0. The Hall–Kier alpha value is -3.76. The van der Waals surface area contributed by atoms with Gasteiger partial charge in [0.2, 0.25) is 9.84 Å². The second-order valence-corrected chi connectivity index (χ2v) is 11.3. The van der Waals surface area contributed by atoms with Gasteiger partial charge in [0.15, 0.2) is 0 Å². The average molecular weight is 565 g/mol. The number of hydrogen-bond donors (Lipinski definition) is 0. The molecule has 0 saturated heterocycles. The van der Waals surface area contributed by atoms with Gasteiger partial charge in [-0.05, 0) is 73.4 Å². The molecule has 0 fully saturated rings. The predicted molar refractivity (Wildman–Crippen MR) is 147 cm³/mol. The lowest BCUT2D eigenvalue weighted by Gasteiger charge is -2.15. The Morgan fingerprint density at radius 2 is 1.87 bits per heavy atom. The van der Waals surface area contributed by atoms with E-state index in [1.54, 1.807) is 38.1 Å². The van der Waals surface area contributed by atoms with Crippen molar-refractivity contribution in [2.45, 2.75) is 30.6 Å². The van der Waals surface area contributed by atoms with E-state index in [-0.39, 0.29) is 43.6 Å². The molecule has 0 N–H and O–H groups in total. The Morgan fingerprint density at radius 1 is 1.16 bits per heavy atom. The molecular weight excluding hydrogens is 543 g/mol. The number of carbonyl (C=O) groups is 1. The smallest absolute Gasteiger partial charge is 0.356 e. The van der Waals surface area contributed by atoms with Gasteiger partial charge in [-0.2, -0.15) is 5.26 Å². The first kappa shape index (κ1) is 27.3. The van der Waals surface area contributed by atoms with E-state index >= 15 is 0 Å². The molecule has 4 aromatic rings. The number of esters is 1. The summed E-state index contributed by atoms with van der Waals surface area (Å²) in [6.07, 6.45) is 2.97. The summed E-state index contributed by atoms with van der Waals surface area (Å²) in [5.41, 5.74) is 3.08. The number of rotatable bonds is 7. The zero-order chi connectivity index (χ0) is 27.6. The van der Waals surface area contributed by atoms with Crippen LogP contribution in [0.25, 0.3) is 28.1 Å². The zero-order valence-corrected chi connectivity index (χ0v) is 23.2. The molecule has 0 aliphatic rings. The maximum atomic E-state index is 14.0. The van der Waals surface area contributed by atoms with E-state index in [1.165, 1.54) is 34.7 Å². The van der Waals surface area contributed by atoms with E-state index in [0.29, 0.717) is 16.7 Å². The second-order valence-electron chi connectivity index (χ2n) is 8.41. The van der Waals surface area contributed by atoms with Crippen LogP contribution >= 0.6 is 20.2 Å². The summed E-state index contributed by atoms with van der Waals surface area (Å²) in [6, 6.07) is 16.4. The first-order chi connectivity index (χ1) is 18.2. The first-order valence-electron chi connectivity index (χ1n) is 11.5. The summed E-state index contributed by atoms with van der Waals surface area (Å²) in [4.78, 5) is 13.1. The lowest BCUT2D eigenvalue weighted by molar-refractivity contribution is 0.0520. The molecule has 0 aliphatic carbocycles. The van der Waals surface area contributed by atoms with Crippen LogP contribution in [0.3, 0.4) is 0 Å². The molecule has 7 nitrogen and oxygen atoms in total. The zero-order valence-electron chi connectivity index (χ0n) is 20.7. The monoisotopic (exact) mass is 564 g/mol. The Kier molecular flexibility index (Phi) is 7.84. The Labute approximate surface area is 227 Å². The van der Waals surface area contributed by atoms with Gasteiger partial charge >= 0.3 is 5.97 Å². The van der Waals surface area contributed by atoms with Gasteiger partial charge in [-0.25, -0.2) is 17.8 Å². The lowest BCUT2D eigenvalue weighted by Crippen LogP contribution is -2.10. The van der Waals surface area contributed by atoms with Crippen molar-refractivity contribution in [3.05, 3.63) is 88.1 Å². The highest BCUT2D eigenvalue weighted by Crippen LogP contribution is 2.46. The fraction of sp³-hybridized carbons (Fsp3) is 0.143. The number of nitrogens with zero attached hydrogens (tertiary/aromatic N) is 2. The van der Waals surface area contributed by atoms with Crippen LogP contribution in [-0.2, 0) is 19.1 Å². The molecule has 1 aromatic heterocycles. The van der Waals surface area contributed by atoms with Crippen LogP contribution in [-0.4, -0.2) is 25.3 Å². The van der Waals surface area contributed by atoms with E-state index in [2.05, 4.69) is 0 Å². The summed E-state index contributed by atoms with van der Waals surface area (Å²) < 4.78 is 47.0. The number of nitriles is 1. The van der Waals surface area contributed by atoms with Gasteiger partial charge in [0, 0.05) is 17.0 Å². The molecule has 0 spiro atoms. The van der Waals surface area contributed by atoms with Crippen LogP contribution < -0.4 is 0 Å². The van der Waals surface area contributed by atoms with Crippen molar-refractivity contribution in [3.63, 3.8) is 0 Å². The van der Waals surface area contributed by atoms with Crippen LogP contribution in [0.2, 0.25) is 5.02 Å². The third-order valence-electron chi connectivity index (χ3n) is 6.09. The van der Waals surface area contributed by atoms with E-state index < -0.39 is 24.4 Å². The summed E-state index contributed by atoms with van der Waals surface area (Å²) in [7, 11) is -4.75. The number of sulfone groups is 1. The second kappa shape index (κ2) is 10.9. The minimum Gasteiger partial charge on any atom is -0.461 e. The number of fused-ring (bicyclic) bond motifs is 1. The van der Waals surface area contributed by atoms with Crippen molar-refractivity contribution in [2.24, 2.45) is 0 Å². The molecule has 0 saturated carbocycles. The van der Waals surface area contributed by atoms with Crippen molar-refractivity contribution in [3.8, 4) is 17.2 Å². The predicted octanol–water partition coefficient (Wildman–Crippen LogP) is 7.18. The number of allylic oxidation sites excluding steroid dienone is 1. The topological polar surface area (TPSA) is 106 Å². The Bertz CT molecular complexity index is 1770. The van der Waals surface area contributed by atoms with Crippen molar-refractivity contribution in [1.82, 2.24) is 4.34 Å². The minimum atomic E-state index is -4.18. The number of carbonyl (C=O) groups excluding carboxylic acids is 1. The van der Waals surface area contributed by atoms with E-state index in [1.807, 2.05) is 25.1 Å². The number of ether oxygens (including phenoxy) is 1. The molecule has 0 amide bonds. The van der Waals surface area contributed by atoms with Crippen LogP contribution in [0.15, 0.2) is 70.5 Å². The van der Waals surface area contributed by atoms with Gasteiger partial charge in [0.1, 0.15) is 10.6 Å². The van der Waals surface area contributed by atoms with Crippen molar-refractivity contribution >= 4 is 53.0 Å². The fourth-order valence-corrected chi connectivity index (χ4v) is 7.00.